The standard InChI is InChI=1S/C14H18N2OS/c1-16-11-4-3-10(14(9-15)5-2-6-14)7-12(11)18-8-13(16)17/h3-4,7H,2,5-6,8-9,15H2,1H3. The number of benzene rings is 1. The number of carbonyl (C=O) groups excluding carboxylic acids is 1. The van der Waals surface area contributed by atoms with Crippen LogP contribution < -0.4 is 10.6 Å². The average molecular weight is 262 g/mol. The molecule has 0 bridgehead atoms. The molecule has 1 fully saturated rings. The third-order valence-corrected chi connectivity index (χ3v) is 5.39. The molecular formula is C14H18N2OS. The summed E-state index contributed by atoms with van der Waals surface area (Å²) in [4.78, 5) is 14.6. The predicted molar refractivity (Wildman–Crippen MR) is 75.2 cm³/mol. The second-order valence-electron chi connectivity index (χ2n) is 5.26. The summed E-state index contributed by atoms with van der Waals surface area (Å²) in [6, 6.07) is 6.47. The topological polar surface area (TPSA) is 46.3 Å². The maximum Gasteiger partial charge on any atom is 0.237 e. The van der Waals surface area contributed by atoms with Crippen LogP contribution in [0.3, 0.4) is 0 Å². The van der Waals surface area contributed by atoms with Gasteiger partial charge in [-0.1, -0.05) is 12.5 Å². The van der Waals surface area contributed by atoms with Crippen molar-refractivity contribution in [2.75, 3.05) is 24.2 Å². The summed E-state index contributed by atoms with van der Waals surface area (Å²) in [6.45, 7) is 0.727. The minimum atomic E-state index is 0.178. The minimum absolute atomic E-state index is 0.178. The second-order valence-corrected chi connectivity index (χ2v) is 6.28. The first kappa shape index (κ1) is 12.1. The van der Waals surface area contributed by atoms with Gasteiger partial charge in [0.25, 0.3) is 0 Å². The van der Waals surface area contributed by atoms with Crippen molar-refractivity contribution in [3.8, 4) is 0 Å². The maximum absolute atomic E-state index is 11.6. The van der Waals surface area contributed by atoms with E-state index in [-0.39, 0.29) is 11.3 Å². The van der Waals surface area contributed by atoms with Crippen molar-refractivity contribution in [3.63, 3.8) is 0 Å². The van der Waals surface area contributed by atoms with Gasteiger partial charge in [0, 0.05) is 23.9 Å². The first-order chi connectivity index (χ1) is 8.66. The zero-order valence-corrected chi connectivity index (χ0v) is 11.4. The summed E-state index contributed by atoms with van der Waals surface area (Å²) in [5.74, 6) is 0.722. The number of nitrogens with two attached hydrogens (primary N) is 1. The van der Waals surface area contributed by atoms with Crippen molar-refractivity contribution < 1.29 is 4.79 Å². The summed E-state index contributed by atoms with van der Waals surface area (Å²) in [5.41, 5.74) is 8.54. The van der Waals surface area contributed by atoms with Crippen molar-refractivity contribution in [3.05, 3.63) is 23.8 Å². The molecule has 3 nitrogen and oxygen atoms in total. The Morgan fingerprint density at radius 3 is 2.83 bits per heavy atom. The van der Waals surface area contributed by atoms with E-state index in [4.69, 9.17) is 5.73 Å². The SMILES string of the molecule is CN1C(=O)CSc2cc(C3(CN)CCC3)ccc21. The molecule has 0 radical (unpaired) electrons. The molecule has 1 amide bonds. The minimum Gasteiger partial charge on any atom is -0.330 e. The Morgan fingerprint density at radius 2 is 2.22 bits per heavy atom. The number of fused-ring (bicyclic) bond motifs is 1. The summed E-state index contributed by atoms with van der Waals surface area (Å²) in [5, 5.41) is 0. The van der Waals surface area contributed by atoms with Crippen molar-refractivity contribution in [2.45, 2.75) is 29.6 Å². The summed E-state index contributed by atoms with van der Waals surface area (Å²) in [6.07, 6.45) is 3.67. The van der Waals surface area contributed by atoms with Crippen molar-refractivity contribution in [1.82, 2.24) is 0 Å². The van der Waals surface area contributed by atoms with E-state index in [9.17, 15) is 4.79 Å². The van der Waals surface area contributed by atoms with Crippen LogP contribution in [0.1, 0.15) is 24.8 Å². The van der Waals surface area contributed by atoms with Crippen LogP contribution in [0.4, 0.5) is 5.69 Å². The molecule has 3 rings (SSSR count). The highest BCUT2D eigenvalue weighted by Crippen LogP contribution is 2.45. The Bertz CT molecular complexity index is 491. The molecule has 1 aromatic rings. The number of anilines is 1. The molecular weight excluding hydrogens is 244 g/mol. The van der Waals surface area contributed by atoms with Crippen LogP contribution in [0.2, 0.25) is 0 Å². The zero-order chi connectivity index (χ0) is 12.8. The van der Waals surface area contributed by atoms with E-state index in [1.165, 1.54) is 29.7 Å². The summed E-state index contributed by atoms with van der Waals surface area (Å²) >= 11 is 1.64. The summed E-state index contributed by atoms with van der Waals surface area (Å²) in [7, 11) is 1.85. The molecule has 1 aromatic carbocycles. The number of amides is 1. The van der Waals surface area contributed by atoms with E-state index in [1.54, 1.807) is 16.7 Å². The van der Waals surface area contributed by atoms with E-state index in [2.05, 4.69) is 18.2 Å². The van der Waals surface area contributed by atoms with Gasteiger partial charge in [-0.05, 0) is 30.5 Å². The van der Waals surface area contributed by atoms with Crippen LogP contribution in [-0.4, -0.2) is 25.3 Å². The number of thioether (sulfide) groups is 1. The molecule has 18 heavy (non-hydrogen) atoms. The van der Waals surface area contributed by atoms with Gasteiger partial charge in [0.1, 0.15) is 0 Å². The smallest absolute Gasteiger partial charge is 0.237 e. The van der Waals surface area contributed by atoms with Crippen LogP contribution in [0, 0.1) is 0 Å². The molecule has 1 aliphatic carbocycles. The Labute approximate surface area is 112 Å². The number of hydrogen-bond acceptors (Lipinski definition) is 3. The summed E-state index contributed by atoms with van der Waals surface area (Å²) < 4.78 is 0. The lowest BCUT2D eigenvalue weighted by atomic mass is 9.64. The predicted octanol–water partition coefficient (Wildman–Crippen LogP) is 2.14. The number of rotatable bonds is 2. The third kappa shape index (κ3) is 1.67. The molecule has 0 saturated heterocycles. The highest BCUT2D eigenvalue weighted by atomic mass is 32.2. The van der Waals surface area contributed by atoms with E-state index in [0.717, 1.165) is 12.2 Å². The van der Waals surface area contributed by atoms with E-state index < -0.39 is 0 Å². The molecule has 1 saturated carbocycles. The van der Waals surface area contributed by atoms with E-state index in [0.29, 0.717) is 5.75 Å². The lowest BCUT2D eigenvalue weighted by molar-refractivity contribution is -0.116. The van der Waals surface area contributed by atoms with Gasteiger partial charge in [0.15, 0.2) is 0 Å². The maximum atomic E-state index is 11.6. The fourth-order valence-corrected chi connectivity index (χ4v) is 3.86. The Hall–Kier alpha value is -1.00. The number of hydrogen-bond donors (Lipinski definition) is 1. The van der Waals surface area contributed by atoms with Crippen LogP contribution in [0.5, 0.6) is 0 Å². The van der Waals surface area contributed by atoms with Gasteiger partial charge >= 0.3 is 0 Å². The van der Waals surface area contributed by atoms with Gasteiger partial charge < -0.3 is 10.6 Å². The molecule has 0 spiro atoms. The first-order valence-corrected chi connectivity index (χ1v) is 7.39. The molecule has 1 aliphatic heterocycles. The van der Waals surface area contributed by atoms with E-state index in [1.807, 2.05) is 7.05 Å². The molecule has 2 aliphatic rings. The molecule has 0 aromatic heterocycles. The lowest BCUT2D eigenvalue weighted by Crippen LogP contribution is -2.41. The van der Waals surface area contributed by atoms with Crippen LogP contribution >= 0.6 is 11.8 Å². The monoisotopic (exact) mass is 262 g/mol. The molecule has 0 unspecified atom stereocenters. The largest absolute Gasteiger partial charge is 0.330 e. The normalized spacial score (nSPS) is 21.4. The first-order valence-electron chi connectivity index (χ1n) is 6.40. The zero-order valence-electron chi connectivity index (χ0n) is 10.6. The highest BCUT2D eigenvalue weighted by Gasteiger charge is 2.38. The number of nitrogens with zero attached hydrogens (tertiary/aromatic N) is 1. The van der Waals surface area contributed by atoms with Gasteiger partial charge in [0.2, 0.25) is 5.91 Å². The van der Waals surface area contributed by atoms with Crippen LogP contribution in [0.15, 0.2) is 23.1 Å². The Morgan fingerprint density at radius 1 is 1.44 bits per heavy atom. The molecule has 2 N–H and O–H groups in total. The molecule has 1 heterocycles. The average Bonchev–Trinajstić information content (AvgIpc) is 2.33. The van der Waals surface area contributed by atoms with Crippen molar-refractivity contribution >= 4 is 23.4 Å². The Kier molecular flexibility index (Phi) is 2.87. The molecule has 0 atom stereocenters. The molecule has 4 heteroatoms. The van der Waals surface area contributed by atoms with Crippen molar-refractivity contribution in [1.29, 1.82) is 0 Å². The van der Waals surface area contributed by atoms with Gasteiger partial charge in [-0.15, -0.1) is 11.8 Å². The fourth-order valence-electron chi connectivity index (χ4n) is 2.82. The Balaban J connectivity index is 1.99. The van der Waals surface area contributed by atoms with Gasteiger partial charge in [-0.2, -0.15) is 0 Å². The quantitative estimate of drug-likeness (QED) is 0.888. The number of carbonyl (C=O) groups is 1. The van der Waals surface area contributed by atoms with Crippen molar-refractivity contribution in [2.24, 2.45) is 5.73 Å². The van der Waals surface area contributed by atoms with Gasteiger partial charge in [-0.25, -0.2) is 0 Å². The molecule has 96 valence electrons. The van der Waals surface area contributed by atoms with Gasteiger partial charge in [0.05, 0.1) is 11.4 Å². The van der Waals surface area contributed by atoms with Gasteiger partial charge in [-0.3, -0.25) is 4.79 Å². The van der Waals surface area contributed by atoms with E-state index >= 15 is 0 Å². The highest BCUT2D eigenvalue weighted by molar-refractivity contribution is 8.00. The lowest BCUT2D eigenvalue weighted by Gasteiger charge is -2.42. The van der Waals surface area contributed by atoms with Crippen LogP contribution in [0.25, 0.3) is 0 Å². The third-order valence-electron chi connectivity index (χ3n) is 4.36. The second kappa shape index (κ2) is 4.28. The van der Waals surface area contributed by atoms with Crippen LogP contribution in [-0.2, 0) is 10.2 Å². The fraction of sp³-hybridized carbons (Fsp3) is 0.500.